The van der Waals surface area contributed by atoms with E-state index in [-0.39, 0.29) is 21.7 Å². The molecule has 0 bridgehead atoms. The van der Waals surface area contributed by atoms with Gasteiger partial charge in [0.05, 0.1) is 0 Å². The summed E-state index contributed by atoms with van der Waals surface area (Å²) in [5, 5.41) is 0. The van der Waals surface area contributed by atoms with E-state index in [4.69, 9.17) is 0 Å². The second kappa shape index (κ2) is 47.4. The monoisotopic (exact) mass is 648 g/mol. The Morgan fingerprint density at radius 2 is 0.512 bits per heavy atom. The minimum absolute atomic E-state index is 0. The summed E-state index contributed by atoms with van der Waals surface area (Å²) in [6, 6.07) is 50.0. The van der Waals surface area contributed by atoms with Crippen LogP contribution in [0.3, 0.4) is 0 Å². The number of benzene rings is 4. The first-order valence-electron chi connectivity index (χ1n) is 15.9. The molecule has 0 heterocycles. The molecule has 0 nitrogen and oxygen atoms in total. The normalized spacial score (nSPS) is 8.65. The number of rotatable bonds is 12. The van der Waals surface area contributed by atoms with Gasteiger partial charge in [0.25, 0.3) is 0 Å². The quantitative estimate of drug-likeness (QED) is 0.0621. The molecule has 3 heteroatoms. The van der Waals surface area contributed by atoms with Crippen LogP contribution in [0.2, 0.25) is 0 Å². The molecule has 0 aromatic heterocycles. The van der Waals surface area contributed by atoms with Gasteiger partial charge < -0.3 is 0 Å². The van der Waals surface area contributed by atoms with Crippen LogP contribution in [-0.4, -0.2) is 24.6 Å². The van der Waals surface area contributed by atoms with E-state index in [1.807, 2.05) is 121 Å². The van der Waals surface area contributed by atoms with Crippen LogP contribution >= 0.6 is 17.2 Å². The topological polar surface area (TPSA) is 0 Å². The summed E-state index contributed by atoms with van der Waals surface area (Å²) in [6.45, 7) is 9.07. The largest absolute Gasteiger partial charge is 4.00 e. The fraction of sp³-hybridized carbons (Fsp3) is 0.400. The summed E-state index contributed by atoms with van der Waals surface area (Å²) in [5.74, 6) is 0. The molecule has 0 spiro atoms. The van der Waals surface area contributed by atoms with Crippen molar-refractivity contribution in [2.24, 2.45) is 0 Å². The summed E-state index contributed by atoms with van der Waals surface area (Å²) >= 11 is 0. The van der Waals surface area contributed by atoms with Crippen molar-refractivity contribution < 1.29 is 21.7 Å². The zero-order valence-electron chi connectivity index (χ0n) is 27.5. The Balaban J connectivity index is -0.000000448. The zero-order chi connectivity index (χ0) is 30.9. The zero-order valence-corrected chi connectivity index (χ0v) is 31.1. The summed E-state index contributed by atoms with van der Waals surface area (Å²) in [5.41, 5.74) is 0. The van der Waals surface area contributed by atoms with Gasteiger partial charge >= 0.3 is 21.7 Å². The predicted octanol–water partition coefficient (Wildman–Crippen LogP) is 12.5. The van der Waals surface area contributed by atoms with Gasteiger partial charge in [-0.15, -0.1) is 17.2 Å². The molecular formula is C40H58P2Ti. The maximum atomic E-state index is 2.89. The second-order valence-corrected chi connectivity index (χ2v) is 12.2. The van der Waals surface area contributed by atoms with E-state index in [9.17, 15) is 0 Å². The Hall–Kier alpha value is -1.55. The number of unbranched alkanes of at least 4 members (excludes halogenated alkanes) is 4. The smallest absolute Gasteiger partial charge is 0.184 e. The summed E-state index contributed by atoms with van der Waals surface area (Å²) in [7, 11) is 2.49. The maximum absolute atomic E-state index is 2.89. The summed E-state index contributed by atoms with van der Waals surface area (Å²) < 4.78 is 0. The van der Waals surface area contributed by atoms with Gasteiger partial charge in [-0.25, -0.2) is 0 Å². The third-order valence-electron chi connectivity index (χ3n) is 5.26. The van der Waals surface area contributed by atoms with Gasteiger partial charge in [0.15, 0.2) is 0 Å². The molecule has 0 saturated carbocycles. The molecule has 0 aliphatic rings. The van der Waals surface area contributed by atoms with Gasteiger partial charge in [0, 0.05) is 0 Å². The van der Waals surface area contributed by atoms with Crippen molar-refractivity contribution in [3.63, 3.8) is 0 Å². The van der Waals surface area contributed by atoms with Gasteiger partial charge in [-0.2, -0.15) is 146 Å². The molecule has 0 fully saturated rings. The van der Waals surface area contributed by atoms with Gasteiger partial charge in [0.1, 0.15) is 0 Å². The molecule has 0 N–H and O–H groups in total. The average molecular weight is 649 g/mol. The number of hydrogen-bond acceptors (Lipinski definition) is 0. The van der Waals surface area contributed by atoms with Gasteiger partial charge in [0.2, 0.25) is 0 Å². The Morgan fingerprint density at radius 3 is 0.605 bits per heavy atom. The van der Waals surface area contributed by atoms with Crippen molar-refractivity contribution in [3.05, 3.63) is 146 Å². The first kappa shape index (κ1) is 45.9. The van der Waals surface area contributed by atoms with Crippen LogP contribution < -0.4 is 0 Å². The van der Waals surface area contributed by atoms with E-state index in [0.717, 1.165) is 0 Å². The second-order valence-electron chi connectivity index (χ2n) is 9.22. The molecular weight excluding hydrogens is 590 g/mol. The average Bonchev–Trinajstić information content (AvgIpc) is 3.09. The maximum Gasteiger partial charge on any atom is 4.00 e. The predicted molar refractivity (Wildman–Crippen MR) is 197 cm³/mol. The van der Waals surface area contributed by atoms with Crippen LogP contribution in [0.1, 0.15) is 79.1 Å². The van der Waals surface area contributed by atoms with Crippen molar-refractivity contribution in [2.45, 2.75) is 79.1 Å². The van der Waals surface area contributed by atoms with Crippen molar-refractivity contribution in [1.82, 2.24) is 0 Å². The standard InChI is InChI=1S/2C8H19P.4C6H5.Ti/c2*1-3-5-7-9-8-6-4-2;4*1-2-4-6-5-3-1;/h2*9H,3-8H2,1-2H3;4*1-5H;/q;;4*-1;+4. The van der Waals surface area contributed by atoms with E-state index < -0.39 is 0 Å². The molecule has 0 aliphatic carbocycles. The van der Waals surface area contributed by atoms with Gasteiger partial charge in [-0.3, -0.25) is 0 Å². The summed E-state index contributed by atoms with van der Waals surface area (Å²) in [4.78, 5) is 0. The SMILES string of the molecule is CCCCPCCCC.CCCCPCCCC.[Ti+4].[c-]1ccccc1.[c-]1ccccc1.[c-]1ccccc1.[c-]1ccccc1. The van der Waals surface area contributed by atoms with Crippen LogP contribution in [0.5, 0.6) is 0 Å². The molecule has 0 atom stereocenters. The van der Waals surface area contributed by atoms with Crippen molar-refractivity contribution in [1.29, 1.82) is 0 Å². The van der Waals surface area contributed by atoms with Gasteiger partial charge in [-0.05, 0) is 50.3 Å². The van der Waals surface area contributed by atoms with Crippen molar-refractivity contribution in [3.8, 4) is 0 Å². The molecule has 0 saturated heterocycles. The van der Waals surface area contributed by atoms with Crippen LogP contribution in [0.4, 0.5) is 0 Å². The molecule has 0 amide bonds. The number of hydrogen-bond donors (Lipinski definition) is 0. The van der Waals surface area contributed by atoms with Crippen LogP contribution in [0.25, 0.3) is 0 Å². The third kappa shape index (κ3) is 50.4. The molecule has 0 radical (unpaired) electrons. The Morgan fingerprint density at radius 1 is 0.326 bits per heavy atom. The third-order valence-corrected chi connectivity index (χ3v) is 8.09. The molecule has 0 aliphatic heterocycles. The van der Waals surface area contributed by atoms with E-state index in [1.165, 1.54) is 93.2 Å². The van der Waals surface area contributed by atoms with Crippen LogP contribution in [-0.2, 0) is 21.7 Å². The van der Waals surface area contributed by atoms with E-state index in [0.29, 0.717) is 0 Å². The van der Waals surface area contributed by atoms with E-state index in [1.54, 1.807) is 0 Å². The Labute approximate surface area is 286 Å². The first-order valence-corrected chi connectivity index (χ1v) is 18.7. The molecule has 232 valence electrons. The van der Waals surface area contributed by atoms with E-state index in [2.05, 4.69) is 52.0 Å². The van der Waals surface area contributed by atoms with Crippen molar-refractivity contribution >= 4 is 17.2 Å². The molecule has 4 aromatic carbocycles. The molecule has 4 aromatic rings. The Bertz CT molecular complexity index is 618. The molecule has 4 rings (SSSR count). The van der Waals surface area contributed by atoms with Gasteiger partial charge in [-0.1, -0.05) is 53.4 Å². The van der Waals surface area contributed by atoms with Crippen molar-refractivity contribution in [2.75, 3.05) is 24.6 Å². The summed E-state index contributed by atoms with van der Waals surface area (Å²) in [6.07, 6.45) is 17.2. The Kier molecular flexibility index (Phi) is 50.6. The molecule has 43 heavy (non-hydrogen) atoms. The minimum Gasteiger partial charge on any atom is -0.184 e. The fourth-order valence-electron chi connectivity index (χ4n) is 2.82. The van der Waals surface area contributed by atoms with Crippen LogP contribution in [0, 0.1) is 24.3 Å². The first-order chi connectivity index (χ1) is 20.8. The van der Waals surface area contributed by atoms with Crippen LogP contribution in [0.15, 0.2) is 121 Å². The van der Waals surface area contributed by atoms with E-state index >= 15 is 0 Å². The fourth-order valence-corrected chi connectivity index (χ4v) is 5.74. The molecule has 0 unspecified atom stereocenters. The minimum atomic E-state index is 0.